The van der Waals surface area contributed by atoms with Crippen molar-refractivity contribution in [1.82, 2.24) is 9.80 Å². The molecule has 0 bridgehead atoms. The number of piperidine rings is 2. The van der Waals surface area contributed by atoms with Crippen LogP contribution in [-0.2, 0) is 4.74 Å². The van der Waals surface area contributed by atoms with Gasteiger partial charge in [0.15, 0.2) is 0 Å². The molecule has 22 heavy (non-hydrogen) atoms. The van der Waals surface area contributed by atoms with Gasteiger partial charge in [-0.2, -0.15) is 0 Å². The fourth-order valence-electron chi connectivity index (χ4n) is 4.11. The summed E-state index contributed by atoms with van der Waals surface area (Å²) in [5, 5.41) is 0. The Morgan fingerprint density at radius 1 is 0.955 bits per heavy atom. The molecule has 0 N–H and O–H groups in total. The van der Waals surface area contributed by atoms with Crippen LogP contribution in [0.5, 0.6) is 0 Å². The number of ether oxygens (including phenoxy) is 1. The maximum atomic E-state index is 6.26. The molecule has 1 aliphatic carbocycles. The summed E-state index contributed by atoms with van der Waals surface area (Å²) in [4.78, 5) is 5.15. The Bertz CT molecular complexity index is 391. The Morgan fingerprint density at radius 3 is 2.27 bits per heavy atom. The normalized spacial score (nSPS) is 32.3. The molecule has 2 aliphatic heterocycles. The lowest BCUT2D eigenvalue weighted by Gasteiger charge is -2.40. The van der Waals surface area contributed by atoms with E-state index in [0.29, 0.717) is 18.1 Å². The topological polar surface area (TPSA) is 15.7 Å². The molecule has 3 rings (SSSR count). The number of hydrogen-bond acceptors (Lipinski definition) is 3. The maximum Gasteiger partial charge on any atom is 0.0603 e. The molecule has 2 saturated heterocycles. The van der Waals surface area contributed by atoms with Crippen molar-refractivity contribution < 1.29 is 4.74 Å². The smallest absolute Gasteiger partial charge is 0.0603 e. The molecule has 3 nitrogen and oxygen atoms in total. The third-order valence-corrected chi connectivity index (χ3v) is 5.72. The van der Waals surface area contributed by atoms with Crippen molar-refractivity contribution in [2.24, 2.45) is 11.8 Å². The van der Waals surface area contributed by atoms with Crippen molar-refractivity contribution in [1.29, 1.82) is 0 Å². The Labute approximate surface area is 136 Å². The first-order valence-corrected chi connectivity index (χ1v) is 9.21. The van der Waals surface area contributed by atoms with Crippen molar-refractivity contribution >= 4 is 0 Å². The number of nitrogens with zero attached hydrogens (tertiary/aromatic N) is 2. The summed E-state index contributed by atoms with van der Waals surface area (Å²) in [6.07, 6.45) is 8.56. The van der Waals surface area contributed by atoms with Gasteiger partial charge in [0.2, 0.25) is 0 Å². The quantitative estimate of drug-likeness (QED) is 0.743. The fraction of sp³-hybridized carbons (Fsp3) is 0.895. The molecule has 0 amide bonds. The zero-order valence-corrected chi connectivity index (χ0v) is 14.4. The molecule has 3 aliphatic rings. The van der Waals surface area contributed by atoms with Crippen LogP contribution in [0.1, 0.15) is 45.4 Å². The minimum atomic E-state index is 0.497. The van der Waals surface area contributed by atoms with E-state index in [4.69, 9.17) is 4.74 Å². The first-order chi connectivity index (χ1) is 10.7. The molecular weight excluding hydrogens is 272 g/mol. The van der Waals surface area contributed by atoms with E-state index in [1.807, 2.05) is 6.92 Å². The molecule has 0 spiro atoms. The molecule has 1 saturated carbocycles. The van der Waals surface area contributed by atoms with Gasteiger partial charge in [0.1, 0.15) is 0 Å². The summed E-state index contributed by atoms with van der Waals surface area (Å²) in [6, 6.07) is 0. The summed E-state index contributed by atoms with van der Waals surface area (Å²) in [7, 11) is 2.25. The monoisotopic (exact) mass is 304 g/mol. The lowest BCUT2D eigenvalue weighted by molar-refractivity contribution is -0.0857. The second-order valence-corrected chi connectivity index (χ2v) is 7.57. The van der Waals surface area contributed by atoms with E-state index in [-0.39, 0.29) is 0 Å². The first kappa shape index (κ1) is 16.3. The Kier molecular flexibility index (Phi) is 5.79. The van der Waals surface area contributed by atoms with E-state index in [1.54, 1.807) is 0 Å². The van der Waals surface area contributed by atoms with E-state index >= 15 is 0 Å². The van der Waals surface area contributed by atoms with Gasteiger partial charge in [0, 0.05) is 25.6 Å². The van der Waals surface area contributed by atoms with Crippen molar-refractivity contribution in [2.75, 3.05) is 39.8 Å². The number of likely N-dealkylation sites (tertiary alicyclic amines) is 2. The zero-order chi connectivity index (χ0) is 15.4. The largest absolute Gasteiger partial charge is 0.375 e. The van der Waals surface area contributed by atoms with E-state index in [1.165, 1.54) is 58.4 Å². The molecule has 0 unspecified atom stereocenters. The summed E-state index contributed by atoms with van der Waals surface area (Å²) in [5.74, 6) is 7.82. The van der Waals surface area contributed by atoms with E-state index < -0.39 is 0 Å². The highest BCUT2D eigenvalue weighted by Crippen LogP contribution is 2.32. The molecule has 0 radical (unpaired) electrons. The van der Waals surface area contributed by atoms with Crippen LogP contribution >= 0.6 is 0 Å². The minimum absolute atomic E-state index is 0.497. The van der Waals surface area contributed by atoms with Crippen molar-refractivity contribution in [3.8, 4) is 11.8 Å². The van der Waals surface area contributed by atoms with Crippen molar-refractivity contribution in [2.45, 2.75) is 57.7 Å². The van der Waals surface area contributed by atoms with Gasteiger partial charge < -0.3 is 14.5 Å². The van der Waals surface area contributed by atoms with E-state index in [2.05, 4.69) is 28.7 Å². The maximum absolute atomic E-state index is 6.26. The van der Waals surface area contributed by atoms with Gasteiger partial charge in [0.05, 0.1) is 12.2 Å². The zero-order valence-electron chi connectivity index (χ0n) is 14.4. The van der Waals surface area contributed by atoms with Gasteiger partial charge in [-0.05, 0) is 71.5 Å². The van der Waals surface area contributed by atoms with Crippen molar-refractivity contribution in [3.63, 3.8) is 0 Å². The van der Waals surface area contributed by atoms with Gasteiger partial charge in [-0.25, -0.2) is 0 Å². The fourth-order valence-corrected chi connectivity index (χ4v) is 4.11. The van der Waals surface area contributed by atoms with Gasteiger partial charge in [0.25, 0.3) is 0 Å². The third kappa shape index (κ3) is 4.47. The molecule has 0 atom stereocenters. The molecule has 2 heterocycles. The van der Waals surface area contributed by atoms with Gasteiger partial charge >= 0.3 is 0 Å². The second kappa shape index (κ2) is 7.81. The molecule has 0 aromatic rings. The van der Waals surface area contributed by atoms with Crippen LogP contribution in [0.25, 0.3) is 0 Å². The summed E-state index contributed by atoms with van der Waals surface area (Å²) in [6.45, 7) is 8.30. The molecular formula is C19H32N2O. The lowest BCUT2D eigenvalue weighted by atomic mass is 9.82. The molecule has 124 valence electrons. The van der Waals surface area contributed by atoms with Crippen LogP contribution in [0.15, 0.2) is 0 Å². The average molecular weight is 304 g/mol. The average Bonchev–Trinajstić information content (AvgIpc) is 2.49. The van der Waals surface area contributed by atoms with Gasteiger partial charge in [-0.1, -0.05) is 0 Å². The van der Waals surface area contributed by atoms with Crippen LogP contribution < -0.4 is 0 Å². The molecule has 0 aromatic heterocycles. The van der Waals surface area contributed by atoms with Crippen molar-refractivity contribution in [3.05, 3.63) is 0 Å². The third-order valence-electron chi connectivity index (χ3n) is 5.72. The van der Waals surface area contributed by atoms with Crippen LogP contribution in [0, 0.1) is 23.7 Å². The van der Waals surface area contributed by atoms with E-state index in [0.717, 1.165) is 18.8 Å². The highest BCUT2D eigenvalue weighted by atomic mass is 16.5. The van der Waals surface area contributed by atoms with Crippen LogP contribution in [-0.4, -0.2) is 61.8 Å². The summed E-state index contributed by atoms with van der Waals surface area (Å²) >= 11 is 0. The lowest BCUT2D eigenvalue weighted by Crippen LogP contribution is -2.44. The second-order valence-electron chi connectivity index (χ2n) is 7.57. The molecule has 0 aromatic carbocycles. The molecule has 3 fully saturated rings. The Hall–Kier alpha value is -0.560. The Morgan fingerprint density at radius 2 is 1.64 bits per heavy atom. The SMILES string of the molecule is CC#C[C@H]1C[C@H](OC2CCN(CC3CCN(C)CC3)CC2)C1. The van der Waals surface area contributed by atoms with Crippen LogP contribution in [0.4, 0.5) is 0 Å². The highest BCUT2D eigenvalue weighted by Gasteiger charge is 2.32. The molecule has 3 heteroatoms. The van der Waals surface area contributed by atoms with Crippen LogP contribution in [0.2, 0.25) is 0 Å². The number of rotatable bonds is 4. The standard InChI is InChI=1S/C19H32N2O/c1-3-4-17-13-19(14-17)22-18-7-11-21(12-8-18)15-16-5-9-20(2)10-6-16/h16-19H,5-15H2,1-2H3/t17-,19-. The van der Waals surface area contributed by atoms with Gasteiger partial charge in [-0.3, -0.25) is 0 Å². The highest BCUT2D eigenvalue weighted by molar-refractivity contribution is 5.06. The summed E-state index contributed by atoms with van der Waals surface area (Å²) < 4.78 is 6.26. The van der Waals surface area contributed by atoms with Gasteiger partial charge in [-0.15, -0.1) is 11.8 Å². The predicted octanol–water partition coefficient (Wildman–Crippen LogP) is 2.61. The number of hydrogen-bond donors (Lipinski definition) is 0. The predicted molar refractivity (Wildman–Crippen MR) is 90.7 cm³/mol. The minimum Gasteiger partial charge on any atom is -0.375 e. The van der Waals surface area contributed by atoms with E-state index in [9.17, 15) is 0 Å². The summed E-state index contributed by atoms with van der Waals surface area (Å²) in [5.41, 5.74) is 0. The van der Waals surface area contributed by atoms with Crippen LogP contribution in [0.3, 0.4) is 0 Å². The Balaban J connectivity index is 1.30. The first-order valence-electron chi connectivity index (χ1n) is 9.21.